The molecule has 2 aromatic rings. The average Bonchev–Trinajstić information content (AvgIpc) is 2.81. The van der Waals surface area contributed by atoms with Crippen LogP contribution in [0.1, 0.15) is 12.0 Å². The van der Waals surface area contributed by atoms with Gasteiger partial charge in [-0.25, -0.2) is 0 Å². The summed E-state index contributed by atoms with van der Waals surface area (Å²) in [4.78, 5) is 11.4. The number of aryl methyl sites for hydroxylation is 1. The molecule has 1 aliphatic heterocycles. The number of rotatable bonds is 1. The Balaban J connectivity index is 2.16. The summed E-state index contributed by atoms with van der Waals surface area (Å²) in [6.07, 6.45) is 1.29. The van der Waals surface area contributed by atoms with E-state index in [-0.39, 0.29) is 5.91 Å². The Morgan fingerprint density at radius 3 is 3.00 bits per heavy atom. The summed E-state index contributed by atoms with van der Waals surface area (Å²) >= 11 is 0. The van der Waals surface area contributed by atoms with E-state index in [2.05, 4.69) is 25.9 Å². The van der Waals surface area contributed by atoms with E-state index in [9.17, 15) is 4.79 Å². The van der Waals surface area contributed by atoms with Crippen LogP contribution in [0.25, 0.3) is 11.4 Å². The van der Waals surface area contributed by atoms with E-state index in [4.69, 9.17) is 0 Å². The molecule has 0 spiro atoms. The first-order valence-electron chi connectivity index (χ1n) is 5.00. The number of nitrogens with zero attached hydrogens (tertiary/aromatic N) is 3. The fourth-order valence-corrected chi connectivity index (χ4v) is 1.87. The molecule has 1 aliphatic rings. The van der Waals surface area contributed by atoms with Gasteiger partial charge in [0, 0.05) is 12.0 Å². The van der Waals surface area contributed by atoms with Crippen molar-refractivity contribution < 1.29 is 4.79 Å². The summed E-state index contributed by atoms with van der Waals surface area (Å²) in [6.45, 7) is 0. The first kappa shape index (κ1) is 9.02. The molecule has 0 aliphatic carbocycles. The third-order valence-electron chi connectivity index (χ3n) is 2.62. The van der Waals surface area contributed by atoms with Crippen molar-refractivity contribution in [1.82, 2.24) is 20.6 Å². The van der Waals surface area contributed by atoms with E-state index in [0.29, 0.717) is 12.2 Å². The highest BCUT2D eigenvalue weighted by Gasteiger charge is 2.19. The molecule has 0 saturated heterocycles. The first-order valence-corrected chi connectivity index (χ1v) is 5.00. The van der Waals surface area contributed by atoms with Crippen LogP contribution in [0, 0.1) is 0 Å². The maximum absolute atomic E-state index is 11.4. The predicted molar refractivity (Wildman–Crippen MR) is 56.6 cm³/mol. The van der Waals surface area contributed by atoms with Crippen molar-refractivity contribution in [2.45, 2.75) is 12.8 Å². The fourth-order valence-electron chi connectivity index (χ4n) is 1.87. The molecule has 1 aromatic heterocycles. The summed E-state index contributed by atoms with van der Waals surface area (Å²) in [5.74, 6) is 0.530. The van der Waals surface area contributed by atoms with Crippen LogP contribution in [0.3, 0.4) is 0 Å². The van der Waals surface area contributed by atoms with Crippen LogP contribution in [-0.2, 0) is 11.2 Å². The topological polar surface area (TPSA) is 83.6 Å². The third-order valence-corrected chi connectivity index (χ3v) is 2.62. The first-order chi connectivity index (χ1) is 7.84. The molecule has 3 rings (SSSR count). The van der Waals surface area contributed by atoms with Crippen LogP contribution in [0.15, 0.2) is 18.2 Å². The largest absolute Gasteiger partial charge is 0.325 e. The Hall–Kier alpha value is -2.24. The molecule has 0 bridgehead atoms. The lowest BCUT2D eigenvalue weighted by atomic mass is 9.99. The Morgan fingerprint density at radius 1 is 1.25 bits per heavy atom. The molecule has 0 atom stereocenters. The predicted octanol–water partition coefficient (Wildman–Crippen LogP) is 0.751. The summed E-state index contributed by atoms with van der Waals surface area (Å²) in [6, 6.07) is 5.80. The molecule has 6 nitrogen and oxygen atoms in total. The van der Waals surface area contributed by atoms with E-state index in [0.717, 1.165) is 23.2 Å². The van der Waals surface area contributed by atoms with Gasteiger partial charge in [0.15, 0.2) is 0 Å². The number of para-hydroxylation sites is 1. The molecule has 16 heavy (non-hydrogen) atoms. The number of tetrazole rings is 1. The lowest BCUT2D eigenvalue weighted by Crippen LogP contribution is -2.19. The van der Waals surface area contributed by atoms with Crippen molar-refractivity contribution in [1.29, 1.82) is 0 Å². The highest BCUT2D eigenvalue weighted by Crippen LogP contribution is 2.31. The van der Waals surface area contributed by atoms with E-state index in [1.165, 1.54) is 0 Å². The number of aromatic nitrogens is 4. The number of fused-ring (bicyclic) bond motifs is 1. The molecule has 0 saturated carbocycles. The van der Waals surface area contributed by atoms with Crippen LogP contribution < -0.4 is 5.32 Å². The number of hydrogen-bond donors (Lipinski definition) is 2. The Labute approximate surface area is 91.1 Å². The zero-order chi connectivity index (χ0) is 11.0. The minimum atomic E-state index is 0.0310. The van der Waals surface area contributed by atoms with Gasteiger partial charge in [-0.05, 0) is 23.3 Å². The molecule has 0 unspecified atom stereocenters. The van der Waals surface area contributed by atoms with Crippen LogP contribution in [-0.4, -0.2) is 26.5 Å². The summed E-state index contributed by atoms with van der Waals surface area (Å²) < 4.78 is 0. The number of aromatic amines is 1. The van der Waals surface area contributed by atoms with Crippen molar-refractivity contribution in [3.8, 4) is 11.4 Å². The van der Waals surface area contributed by atoms with Crippen molar-refractivity contribution >= 4 is 11.6 Å². The van der Waals surface area contributed by atoms with E-state index >= 15 is 0 Å². The highest BCUT2D eigenvalue weighted by molar-refractivity contribution is 5.98. The molecular formula is C10H9N5O. The number of anilines is 1. The summed E-state index contributed by atoms with van der Waals surface area (Å²) in [5, 5.41) is 16.6. The van der Waals surface area contributed by atoms with Crippen LogP contribution in [0.4, 0.5) is 5.69 Å². The van der Waals surface area contributed by atoms with Gasteiger partial charge in [0.1, 0.15) is 0 Å². The normalized spacial score (nSPS) is 14.4. The number of H-pyrrole nitrogens is 1. The van der Waals surface area contributed by atoms with Gasteiger partial charge in [-0.15, -0.1) is 10.2 Å². The molecule has 80 valence electrons. The SMILES string of the molecule is O=C1CCc2cccc(-c3nn[nH]n3)c2N1. The van der Waals surface area contributed by atoms with Crippen LogP contribution >= 0.6 is 0 Å². The summed E-state index contributed by atoms with van der Waals surface area (Å²) in [5.41, 5.74) is 2.72. The number of hydrogen-bond acceptors (Lipinski definition) is 4. The third kappa shape index (κ3) is 1.35. The number of benzene rings is 1. The van der Waals surface area contributed by atoms with Gasteiger partial charge in [0.2, 0.25) is 11.7 Å². The van der Waals surface area contributed by atoms with Crippen LogP contribution in [0.5, 0.6) is 0 Å². The molecule has 6 heteroatoms. The van der Waals surface area contributed by atoms with Crippen molar-refractivity contribution in [2.75, 3.05) is 5.32 Å². The quantitative estimate of drug-likeness (QED) is 0.735. The lowest BCUT2D eigenvalue weighted by Gasteiger charge is -2.18. The van der Waals surface area contributed by atoms with Gasteiger partial charge in [-0.2, -0.15) is 5.21 Å². The second-order valence-electron chi connectivity index (χ2n) is 3.62. The van der Waals surface area contributed by atoms with Crippen LogP contribution in [0.2, 0.25) is 0 Å². The Kier molecular flexibility index (Phi) is 1.92. The Bertz CT molecular complexity index is 534. The van der Waals surface area contributed by atoms with E-state index in [1.807, 2.05) is 18.2 Å². The minimum Gasteiger partial charge on any atom is -0.325 e. The maximum atomic E-state index is 11.4. The van der Waals surface area contributed by atoms with Gasteiger partial charge in [0.25, 0.3) is 0 Å². The summed E-state index contributed by atoms with van der Waals surface area (Å²) in [7, 11) is 0. The van der Waals surface area contributed by atoms with Crippen molar-refractivity contribution in [3.05, 3.63) is 23.8 Å². The monoisotopic (exact) mass is 215 g/mol. The fraction of sp³-hybridized carbons (Fsp3) is 0.200. The van der Waals surface area contributed by atoms with Gasteiger partial charge < -0.3 is 5.32 Å². The van der Waals surface area contributed by atoms with Gasteiger partial charge >= 0.3 is 0 Å². The number of amides is 1. The molecule has 2 N–H and O–H groups in total. The second-order valence-corrected chi connectivity index (χ2v) is 3.62. The van der Waals surface area contributed by atoms with Gasteiger partial charge in [-0.1, -0.05) is 12.1 Å². The van der Waals surface area contributed by atoms with E-state index < -0.39 is 0 Å². The molecule has 1 amide bonds. The van der Waals surface area contributed by atoms with Gasteiger partial charge in [0.05, 0.1) is 5.69 Å². The Morgan fingerprint density at radius 2 is 2.19 bits per heavy atom. The van der Waals surface area contributed by atoms with Crippen molar-refractivity contribution in [3.63, 3.8) is 0 Å². The number of carbonyl (C=O) groups excluding carboxylic acids is 1. The molecule has 0 fully saturated rings. The molecule has 2 heterocycles. The number of nitrogens with one attached hydrogen (secondary N) is 2. The zero-order valence-electron chi connectivity index (χ0n) is 8.40. The second kappa shape index (κ2) is 3.41. The molecule has 0 radical (unpaired) electrons. The standard InChI is InChI=1S/C10H9N5O/c16-8-5-4-6-2-1-3-7(9(6)11-8)10-12-14-15-13-10/h1-3H,4-5H2,(H,11,16)(H,12,13,14,15). The highest BCUT2D eigenvalue weighted by atomic mass is 16.1. The molecular weight excluding hydrogens is 206 g/mol. The number of carbonyl (C=O) groups is 1. The minimum absolute atomic E-state index is 0.0310. The van der Waals surface area contributed by atoms with E-state index in [1.54, 1.807) is 0 Å². The smallest absolute Gasteiger partial charge is 0.224 e. The van der Waals surface area contributed by atoms with Crippen molar-refractivity contribution in [2.24, 2.45) is 0 Å². The average molecular weight is 215 g/mol. The zero-order valence-corrected chi connectivity index (χ0v) is 8.40. The lowest BCUT2D eigenvalue weighted by molar-refractivity contribution is -0.116. The molecule has 1 aromatic carbocycles. The van der Waals surface area contributed by atoms with Gasteiger partial charge in [-0.3, -0.25) is 4.79 Å². The maximum Gasteiger partial charge on any atom is 0.224 e.